The lowest BCUT2D eigenvalue weighted by molar-refractivity contribution is -0.0291. The summed E-state index contributed by atoms with van der Waals surface area (Å²) in [6.45, 7) is 16.9. The SMILES string of the molecule is CCCCC(CC)COCC(O)CN(CCN(CC(O)COCCC[Si](O)(O)O)CC(O)COCCC[Si](O)(O)O)CC(O)COCC(CC)CCCC.CCCCC(CC)COCC(O)CN(CCN(CC(O)COCCC[Si](O)(O)O)CC(O)COCCC[Si](O)(O)O)CC(O)COCCC[Si](O)(O)O. The quantitative estimate of drug-likeness (QED) is 0.0206. The molecule has 35 nitrogen and oxygen atoms in total. The van der Waals surface area contributed by atoms with Gasteiger partial charge in [0.15, 0.2) is 0 Å². The van der Waals surface area contributed by atoms with E-state index in [4.69, 9.17) is 66.7 Å². The highest BCUT2D eigenvalue weighted by molar-refractivity contribution is 6.57. The molecule has 0 saturated carbocycles. The van der Waals surface area contributed by atoms with E-state index in [1.54, 1.807) is 9.80 Å². The van der Waals surface area contributed by atoms with E-state index >= 15 is 0 Å². The normalized spacial score (nSPS) is 16.1. The van der Waals surface area contributed by atoms with E-state index in [2.05, 4.69) is 41.5 Å². The van der Waals surface area contributed by atoms with Crippen molar-refractivity contribution >= 4 is 44.0 Å². The molecule has 0 aliphatic heterocycles. The summed E-state index contributed by atoms with van der Waals surface area (Å²) in [6, 6.07) is -0.984. The Balaban J connectivity index is 0. The summed E-state index contributed by atoms with van der Waals surface area (Å²) < 4.78 is 44.9. The van der Waals surface area contributed by atoms with E-state index in [9.17, 15) is 84.0 Å². The molecular weight excluding hydrogens is 1500 g/mol. The van der Waals surface area contributed by atoms with Gasteiger partial charge in [0.2, 0.25) is 0 Å². The molecule has 0 aromatic rings. The monoisotopic (exact) mass is 1650 g/mol. The second-order valence-electron chi connectivity index (χ2n) is 28.9. The van der Waals surface area contributed by atoms with Gasteiger partial charge in [-0.25, -0.2) is 0 Å². The van der Waals surface area contributed by atoms with E-state index in [0.29, 0.717) is 50.7 Å². The predicted molar refractivity (Wildman–Crippen MR) is 409 cm³/mol. The van der Waals surface area contributed by atoms with Crippen LogP contribution in [-0.4, -0.2) is 409 Å². The summed E-state index contributed by atoms with van der Waals surface area (Å²) in [6.07, 6.45) is 6.26. The summed E-state index contributed by atoms with van der Waals surface area (Å²) in [7, 11) is -20.9. The maximum Gasteiger partial charge on any atom is 0.492 e. The van der Waals surface area contributed by atoms with Crippen molar-refractivity contribution in [2.45, 2.75) is 230 Å². The van der Waals surface area contributed by atoms with E-state index in [-0.39, 0.29) is 214 Å². The molecule has 11 unspecified atom stereocenters. The Morgan fingerprint density at radius 3 is 0.523 bits per heavy atom. The van der Waals surface area contributed by atoms with Gasteiger partial charge in [-0.1, -0.05) is 99.3 Å². The van der Waals surface area contributed by atoms with E-state index in [1.165, 1.54) is 0 Å². The highest BCUT2D eigenvalue weighted by Gasteiger charge is 2.31. The molecule has 0 radical (unpaired) electrons. The molecule has 646 valence electrons. The lowest BCUT2D eigenvalue weighted by Gasteiger charge is -2.32. The molecule has 0 amide bonds. The fraction of sp³-hybridized carbons (Fsp3) is 1.00. The Labute approximate surface area is 643 Å². The Hall–Kier alpha value is -0.316. The van der Waals surface area contributed by atoms with Crippen molar-refractivity contribution in [3.8, 4) is 0 Å². The largest absolute Gasteiger partial charge is 0.492 e. The number of hydrogen-bond acceptors (Lipinski definition) is 35. The number of unbranched alkanes of at least 4 members (excludes halogenated alkanes) is 3. The molecule has 0 bridgehead atoms. The summed E-state index contributed by atoms with van der Waals surface area (Å²) in [5.74, 6) is 1.25. The van der Waals surface area contributed by atoms with Crippen LogP contribution in [0.15, 0.2) is 0 Å². The molecule has 40 heteroatoms. The van der Waals surface area contributed by atoms with Crippen LogP contribution in [0.1, 0.15) is 151 Å². The van der Waals surface area contributed by atoms with Crippen molar-refractivity contribution in [2.75, 3.05) is 184 Å². The number of rotatable bonds is 76. The molecule has 0 rings (SSSR count). The van der Waals surface area contributed by atoms with Gasteiger partial charge in [0.1, 0.15) is 0 Å². The van der Waals surface area contributed by atoms with Crippen LogP contribution >= 0.6 is 0 Å². The smallest absolute Gasteiger partial charge is 0.390 e. The molecule has 0 spiro atoms. The molecule has 11 atom stereocenters. The van der Waals surface area contributed by atoms with Crippen LogP contribution in [0, 0.1) is 17.8 Å². The van der Waals surface area contributed by atoms with Gasteiger partial charge < -0.3 is 151 Å². The topological polar surface area (TPSA) is 552 Å². The summed E-state index contributed by atoms with van der Waals surface area (Å²) >= 11 is 0. The zero-order chi connectivity index (χ0) is 81.2. The van der Waals surface area contributed by atoms with Gasteiger partial charge in [-0.05, 0) is 69.1 Å². The van der Waals surface area contributed by atoms with E-state index < -0.39 is 92.9 Å². The minimum atomic E-state index is -4.20. The van der Waals surface area contributed by atoms with Crippen molar-refractivity contribution in [2.24, 2.45) is 17.8 Å². The van der Waals surface area contributed by atoms with Gasteiger partial charge in [0.05, 0.1) is 102 Å². The van der Waals surface area contributed by atoms with Gasteiger partial charge >= 0.3 is 44.0 Å². The number of nitrogens with zero attached hydrogens (tertiary/aromatic N) is 4. The molecule has 0 aromatic heterocycles. The Morgan fingerprint density at radius 2 is 0.383 bits per heavy atom. The zero-order valence-electron chi connectivity index (χ0n) is 65.5. The first-order chi connectivity index (χ1) is 50.2. The zero-order valence-corrected chi connectivity index (χ0v) is 70.5. The highest BCUT2D eigenvalue weighted by atomic mass is 28.4. The third-order valence-corrected chi connectivity index (χ3v) is 22.5. The van der Waals surface area contributed by atoms with Crippen LogP contribution < -0.4 is 0 Å². The van der Waals surface area contributed by atoms with Crippen LogP contribution in [-0.2, 0) is 37.9 Å². The Bertz CT molecular complexity index is 1880. The molecule has 0 heterocycles. The highest BCUT2D eigenvalue weighted by Crippen LogP contribution is 2.17. The van der Waals surface area contributed by atoms with Gasteiger partial charge in [0, 0.05) is 162 Å². The van der Waals surface area contributed by atoms with Gasteiger partial charge in [0.25, 0.3) is 0 Å². The summed E-state index contributed by atoms with van der Waals surface area (Å²) in [5.41, 5.74) is 0. The van der Waals surface area contributed by atoms with Crippen molar-refractivity contribution in [3.05, 3.63) is 0 Å². The van der Waals surface area contributed by atoms with Crippen LogP contribution in [0.4, 0.5) is 0 Å². The number of ether oxygens (including phenoxy) is 8. The van der Waals surface area contributed by atoms with Crippen molar-refractivity contribution in [1.82, 2.24) is 19.6 Å². The van der Waals surface area contributed by atoms with Crippen molar-refractivity contribution < 1.29 is 151 Å². The van der Waals surface area contributed by atoms with Crippen LogP contribution in [0.25, 0.3) is 0 Å². The molecule has 0 aromatic carbocycles. The number of hydrogen-bond donors (Lipinski definition) is 23. The van der Waals surface area contributed by atoms with E-state index in [1.807, 2.05) is 9.80 Å². The standard InChI is InChI=1S/C36H80N2O14Si2.C31H72N2O17Si3/c1-5-9-13-31(7-3)25-51-29-35(41)23-38(24-36(42)30-52-26-32(8-4)14-10-6-2)16-15-37(21-33(39)27-49-17-11-19-53(43,44)45)22-34(40)28-50-18-12-20-54(46,47)48;1-3-5-9-27(4-2)22-50-26-31(37)21-33(20-30(36)25-49-14-8-17-53(44,45)46)11-10-32(18-28(34)23-47-12-6-15-51(38,39)40)19-29(35)24-48-13-7-16-52(41,42)43/h31-36,39-48H,5-30H2,1-4H3;27-31,34-46H,3-26H2,1-2H3. The molecule has 0 aliphatic rings. The predicted octanol–water partition coefficient (Wildman–Crippen LogP) is -3.62. The molecule has 0 aliphatic carbocycles. The van der Waals surface area contributed by atoms with Crippen LogP contribution in [0.5, 0.6) is 0 Å². The second-order valence-corrected chi connectivity index (χ2v) is 39.1. The fourth-order valence-electron chi connectivity index (χ4n) is 11.4. The third kappa shape index (κ3) is 75.5. The molecular formula is C67H152N4O31Si5. The van der Waals surface area contributed by atoms with Crippen molar-refractivity contribution in [1.29, 1.82) is 0 Å². The lowest BCUT2D eigenvalue weighted by atomic mass is 10.0. The summed E-state index contributed by atoms with van der Waals surface area (Å²) in [4.78, 5) is 145. The van der Waals surface area contributed by atoms with Gasteiger partial charge in [-0.15, -0.1) is 0 Å². The van der Waals surface area contributed by atoms with Crippen LogP contribution in [0.2, 0.25) is 30.2 Å². The summed E-state index contributed by atoms with van der Waals surface area (Å²) in [5, 5.41) is 86.7. The average Bonchev–Trinajstić information content (AvgIpc) is 0.912. The van der Waals surface area contributed by atoms with Crippen molar-refractivity contribution in [3.63, 3.8) is 0 Å². The minimum absolute atomic E-state index is 0.0378. The number of aliphatic hydroxyl groups is 8. The van der Waals surface area contributed by atoms with E-state index in [0.717, 1.165) is 77.0 Å². The third-order valence-electron chi connectivity index (χ3n) is 17.4. The minimum Gasteiger partial charge on any atom is -0.390 e. The number of aliphatic hydroxyl groups excluding tert-OH is 8. The molecule has 0 fully saturated rings. The first kappa shape index (κ1) is 109. The van der Waals surface area contributed by atoms with Crippen LogP contribution in [0.3, 0.4) is 0 Å². The molecule has 0 saturated heterocycles. The molecule has 23 N–H and O–H groups in total. The second kappa shape index (κ2) is 65.8. The van der Waals surface area contributed by atoms with Gasteiger partial charge in [-0.2, -0.15) is 0 Å². The lowest BCUT2D eigenvalue weighted by Crippen LogP contribution is -2.47. The maximum atomic E-state index is 11.0. The Kier molecular flexibility index (Phi) is 66.9. The first-order valence-corrected chi connectivity index (χ1v) is 49.3. The first-order valence-electron chi connectivity index (χ1n) is 39.0. The van der Waals surface area contributed by atoms with Gasteiger partial charge in [-0.3, -0.25) is 19.6 Å². The maximum absolute atomic E-state index is 11.0. The average molecular weight is 1650 g/mol. The molecule has 107 heavy (non-hydrogen) atoms. The fourth-order valence-corrected chi connectivity index (χ4v) is 14.5. The Morgan fingerprint density at radius 1 is 0.224 bits per heavy atom.